The third-order valence-electron chi connectivity index (χ3n) is 5.19. The van der Waals surface area contributed by atoms with Crippen molar-refractivity contribution in [2.45, 2.75) is 17.5 Å². The number of thioether (sulfide) groups is 1. The first-order valence-electron chi connectivity index (χ1n) is 9.82. The van der Waals surface area contributed by atoms with Crippen LogP contribution >= 0.6 is 11.8 Å². The van der Waals surface area contributed by atoms with Gasteiger partial charge in [-0.05, 0) is 12.1 Å². The first kappa shape index (κ1) is 20.1. The van der Waals surface area contributed by atoms with E-state index in [0.29, 0.717) is 39.7 Å². The number of nitrogens with zero attached hydrogens (tertiary/aromatic N) is 5. The number of rotatable bonds is 6. The summed E-state index contributed by atoms with van der Waals surface area (Å²) in [6.07, 6.45) is 0. The van der Waals surface area contributed by atoms with Crippen LogP contribution in [0.3, 0.4) is 0 Å². The molecule has 32 heavy (non-hydrogen) atoms. The molecule has 2 heterocycles. The predicted octanol–water partition coefficient (Wildman–Crippen LogP) is 5.37. The average Bonchev–Trinajstić information content (AvgIpc) is 3.12. The van der Waals surface area contributed by atoms with E-state index >= 15 is 0 Å². The quantitative estimate of drug-likeness (QED) is 0.198. The smallest absolute Gasteiger partial charge is 0.273 e. The summed E-state index contributed by atoms with van der Waals surface area (Å²) in [5, 5.41) is 21.2. The van der Waals surface area contributed by atoms with Gasteiger partial charge in [0, 0.05) is 28.3 Å². The second-order valence-electron chi connectivity index (χ2n) is 7.14. The van der Waals surface area contributed by atoms with E-state index in [4.69, 9.17) is 0 Å². The maximum atomic E-state index is 14.4. The second kappa shape index (κ2) is 8.35. The lowest BCUT2D eigenvalue weighted by Gasteiger charge is -2.08. The highest BCUT2D eigenvalue weighted by Gasteiger charge is 2.17. The molecule has 0 fully saturated rings. The van der Waals surface area contributed by atoms with Crippen LogP contribution in [0.15, 0.2) is 78.0 Å². The van der Waals surface area contributed by atoms with Crippen molar-refractivity contribution < 1.29 is 9.31 Å². The van der Waals surface area contributed by atoms with Crippen molar-refractivity contribution in [3.63, 3.8) is 0 Å². The monoisotopic (exact) mass is 445 g/mol. The molecule has 3 aromatic carbocycles. The van der Waals surface area contributed by atoms with Gasteiger partial charge in [-0.25, -0.2) is 9.37 Å². The summed E-state index contributed by atoms with van der Waals surface area (Å²) in [7, 11) is 0. The molecule has 0 atom stereocenters. The molecule has 0 aliphatic carbocycles. The van der Waals surface area contributed by atoms with Gasteiger partial charge in [-0.1, -0.05) is 66.4 Å². The molecule has 0 saturated carbocycles. The van der Waals surface area contributed by atoms with E-state index in [1.807, 2.05) is 28.8 Å². The Labute approximate surface area is 186 Å². The van der Waals surface area contributed by atoms with E-state index in [-0.39, 0.29) is 11.5 Å². The van der Waals surface area contributed by atoms with Crippen molar-refractivity contribution >= 4 is 39.5 Å². The van der Waals surface area contributed by atoms with Gasteiger partial charge in [0.05, 0.1) is 17.0 Å². The van der Waals surface area contributed by atoms with Crippen LogP contribution in [0.5, 0.6) is 0 Å². The fourth-order valence-corrected chi connectivity index (χ4v) is 4.44. The first-order valence-corrected chi connectivity index (χ1v) is 10.8. The number of benzene rings is 3. The van der Waals surface area contributed by atoms with Crippen molar-refractivity contribution in [2.24, 2.45) is 0 Å². The maximum Gasteiger partial charge on any atom is 0.273 e. The molecular weight excluding hydrogens is 429 g/mol. The van der Waals surface area contributed by atoms with Gasteiger partial charge in [-0.3, -0.25) is 10.1 Å². The molecule has 158 valence electrons. The topological polar surface area (TPSA) is 86.7 Å². The number of halogens is 1. The largest absolute Gasteiger partial charge is 0.319 e. The van der Waals surface area contributed by atoms with Crippen molar-refractivity contribution in [1.29, 1.82) is 0 Å². The van der Waals surface area contributed by atoms with E-state index in [2.05, 4.69) is 15.2 Å². The second-order valence-corrected chi connectivity index (χ2v) is 8.08. The average molecular weight is 445 g/mol. The Morgan fingerprint density at radius 1 is 0.938 bits per heavy atom. The fraction of sp³-hybridized carbons (Fsp3) is 0.0870. The van der Waals surface area contributed by atoms with Crippen molar-refractivity contribution in [3.05, 3.63) is 99.9 Å². The Hall–Kier alpha value is -3.85. The summed E-state index contributed by atoms with van der Waals surface area (Å²) in [5.74, 6) is 0.0455. The van der Waals surface area contributed by atoms with Gasteiger partial charge in [0.1, 0.15) is 11.3 Å². The van der Waals surface area contributed by atoms with E-state index < -0.39 is 4.92 Å². The summed E-state index contributed by atoms with van der Waals surface area (Å²) in [6.45, 7) is 0.295. The van der Waals surface area contributed by atoms with Crippen molar-refractivity contribution in [1.82, 2.24) is 19.7 Å². The van der Waals surface area contributed by atoms with E-state index in [9.17, 15) is 14.5 Å². The number of fused-ring (bicyclic) bond motifs is 3. The molecule has 7 nitrogen and oxygen atoms in total. The van der Waals surface area contributed by atoms with Gasteiger partial charge in [0.25, 0.3) is 5.69 Å². The Morgan fingerprint density at radius 2 is 1.66 bits per heavy atom. The summed E-state index contributed by atoms with van der Waals surface area (Å²) in [4.78, 5) is 15.6. The van der Waals surface area contributed by atoms with Gasteiger partial charge in [0.15, 0.2) is 5.65 Å². The number of aromatic nitrogens is 4. The molecule has 5 rings (SSSR count). The molecule has 0 spiro atoms. The molecule has 0 saturated heterocycles. The van der Waals surface area contributed by atoms with Crippen molar-refractivity contribution in [2.75, 3.05) is 0 Å². The van der Waals surface area contributed by atoms with Gasteiger partial charge >= 0.3 is 0 Å². The lowest BCUT2D eigenvalue weighted by Crippen LogP contribution is -2.04. The molecule has 9 heteroatoms. The van der Waals surface area contributed by atoms with Crippen LogP contribution in [0.2, 0.25) is 0 Å². The standard InChI is InChI=1S/C23H16FN5O2S/c24-18-10-4-1-7-15(18)13-28-20-12-6-3-9-17(20)21-22(28)25-23(27-26-21)32-14-16-8-2-5-11-19(16)29(30)31/h1-12H,13-14H2. The molecule has 0 bridgehead atoms. The number of hydrogen-bond acceptors (Lipinski definition) is 6. The number of para-hydroxylation sites is 2. The Morgan fingerprint density at radius 3 is 2.47 bits per heavy atom. The Bertz CT molecular complexity index is 1470. The first-order chi connectivity index (χ1) is 15.6. The minimum absolute atomic E-state index is 0.0581. The van der Waals surface area contributed by atoms with Gasteiger partial charge in [-0.2, -0.15) is 0 Å². The highest BCUT2D eigenvalue weighted by Crippen LogP contribution is 2.30. The van der Waals surface area contributed by atoms with Gasteiger partial charge in [0.2, 0.25) is 5.16 Å². The zero-order chi connectivity index (χ0) is 22.1. The normalized spacial score (nSPS) is 11.3. The predicted molar refractivity (Wildman–Crippen MR) is 121 cm³/mol. The van der Waals surface area contributed by atoms with Crippen molar-refractivity contribution in [3.8, 4) is 0 Å². The summed E-state index contributed by atoms with van der Waals surface area (Å²) >= 11 is 1.27. The lowest BCUT2D eigenvalue weighted by atomic mass is 10.2. The van der Waals surface area contributed by atoms with Crippen LogP contribution in [0.1, 0.15) is 11.1 Å². The molecule has 0 aliphatic rings. The summed E-state index contributed by atoms with van der Waals surface area (Å²) in [5.41, 5.74) is 3.29. The van der Waals surface area contributed by atoms with Gasteiger partial charge in [-0.15, -0.1) is 10.2 Å². The van der Waals surface area contributed by atoms with Crippen LogP contribution in [-0.2, 0) is 12.3 Å². The number of nitro benzene ring substituents is 1. The highest BCUT2D eigenvalue weighted by molar-refractivity contribution is 7.98. The zero-order valence-electron chi connectivity index (χ0n) is 16.7. The number of nitro groups is 1. The summed E-state index contributed by atoms with van der Waals surface area (Å²) in [6, 6.07) is 20.9. The maximum absolute atomic E-state index is 14.4. The molecule has 5 aromatic rings. The van der Waals surface area contributed by atoms with Crippen LogP contribution < -0.4 is 0 Å². The van der Waals surface area contributed by atoms with E-state index in [1.165, 1.54) is 23.9 Å². The van der Waals surface area contributed by atoms with Crippen LogP contribution in [0, 0.1) is 15.9 Å². The van der Waals surface area contributed by atoms with Crippen LogP contribution in [0.4, 0.5) is 10.1 Å². The van der Waals surface area contributed by atoms with Crippen LogP contribution in [0.25, 0.3) is 22.1 Å². The third-order valence-corrected chi connectivity index (χ3v) is 6.07. The van der Waals surface area contributed by atoms with E-state index in [1.54, 1.807) is 36.4 Å². The Kier molecular flexibility index (Phi) is 5.24. The molecule has 0 N–H and O–H groups in total. The van der Waals surface area contributed by atoms with Gasteiger partial charge < -0.3 is 4.57 Å². The summed E-state index contributed by atoms with van der Waals surface area (Å²) < 4.78 is 16.3. The van der Waals surface area contributed by atoms with E-state index in [0.717, 1.165) is 10.9 Å². The SMILES string of the molecule is O=[N+]([O-])c1ccccc1CSc1nnc2c3ccccc3n(Cc3ccccc3F)c2n1. The lowest BCUT2D eigenvalue weighted by molar-refractivity contribution is -0.385. The minimum Gasteiger partial charge on any atom is -0.319 e. The highest BCUT2D eigenvalue weighted by atomic mass is 32.2. The molecule has 0 unspecified atom stereocenters. The Balaban J connectivity index is 1.55. The van der Waals surface area contributed by atoms with Crippen LogP contribution in [-0.4, -0.2) is 24.7 Å². The molecule has 2 aromatic heterocycles. The zero-order valence-corrected chi connectivity index (χ0v) is 17.5. The molecule has 0 aliphatic heterocycles. The minimum atomic E-state index is -0.398. The molecule has 0 radical (unpaired) electrons. The fourth-order valence-electron chi connectivity index (χ4n) is 3.66. The molecular formula is C23H16FN5O2S. The molecule has 0 amide bonds. The number of hydrogen-bond donors (Lipinski definition) is 0. The third kappa shape index (κ3) is 3.67.